The summed E-state index contributed by atoms with van der Waals surface area (Å²) in [5, 5.41) is 0. The van der Waals surface area contributed by atoms with Crippen LogP contribution in [0.25, 0.3) is 0 Å². The van der Waals surface area contributed by atoms with Gasteiger partial charge in [-0.3, -0.25) is 19.1 Å². The van der Waals surface area contributed by atoms with Crippen LogP contribution in [-0.2, 0) is 11.3 Å². The standard InChI is InChI=1S/C16H19N5O3/c1-11-12(2)19-10-21(16(11)23)9-15(22)20-6-3-13(8-20)24-14-7-17-4-5-18-14/h4-5,7,10,13H,3,6,8-9H2,1-2H3. The maximum absolute atomic E-state index is 12.4. The number of rotatable bonds is 4. The molecule has 0 aromatic carbocycles. The van der Waals surface area contributed by atoms with Gasteiger partial charge in [0.1, 0.15) is 12.6 Å². The summed E-state index contributed by atoms with van der Waals surface area (Å²) < 4.78 is 7.06. The van der Waals surface area contributed by atoms with Crippen LogP contribution in [0.2, 0.25) is 0 Å². The van der Waals surface area contributed by atoms with Gasteiger partial charge in [-0.05, 0) is 13.8 Å². The monoisotopic (exact) mass is 329 g/mol. The molecule has 1 atom stereocenters. The second-order valence-corrected chi connectivity index (χ2v) is 5.80. The molecule has 2 aromatic rings. The number of aromatic nitrogens is 4. The third-order valence-corrected chi connectivity index (χ3v) is 4.15. The number of nitrogens with zero attached hydrogens (tertiary/aromatic N) is 5. The maximum atomic E-state index is 12.4. The van der Waals surface area contributed by atoms with Gasteiger partial charge in [-0.2, -0.15) is 0 Å². The van der Waals surface area contributed by atoms with Crippen LogP contribution in [0.1, 0.15) is 17.7 Å². The van der Waals surface area contributed by atoms with E-state index in [4.69, 9.17) is 4.74 Å². The lowest BCUT2D eigenvalue weighted by atomic mass is 10.3. The van der Waals surface area contributed by atoms with E-state index >= 15 is 0 Å². The Bertz CT molecular complexity index is 790. The molecule has 0 N–H and O–H groups in total. The van der Waals surface area contributed by atoms with Gasteiger partial charge < -0.3 is 9.64 Å². The highest BCUT2D eigenvalue weighted by Crippen LogP contribution is 2.15. The van der Waals surface area contributed by atoms with Gasteiger partial charge in [0, 0.05) is 36.6 Å². The predicted octanol–water partition coefficient (Wildman–Crippen LogP) is 0.330. The summed E-state index contributed by atoms with van der Waals surface area (Å²) in [7, 11) is 0. The molecule has 24 heavy (non-hydrogen) atoms. The maximum Gasteiger partial charge on any atom is 0.256 e. The van der Waals surface area contributed by atoms with Crippen molar-refractivity contribution >= 4 is 5.91 Å². The van der Waals surface area contributed by atoms with Crippen LogP contribution < -0.4 is 10.3 Å². The lowest BCUT2D eigenvalue weighted by Gasteiger charge is -2.17. The predicted molar refractivity (Wildman–Crippen MR) is 85.6 cm³/mol. The zero-order chi connectivity index (χ0) is 17.1. The van der Waals surface area contributed by atoms with Crippen molar-refractivity contribution in [1.82, 2.24) is 24.4 Å². The highest BCUT2D eigenvalue weighted by molar-refractivity contribution is 5.76. The fourth-order valence-corrected chi connectivity index (χ4v) is 2.60. The number of aryl methyl sites for hydroxylation is 1. The number of hydrogen-bond acceptors (Lipinski definition) is 6. The first-order valence-electron chi connectivity index (χ1n) is 7.77. The highest BCUT2D eigenvalue weighted by atomic mass is 16.5. The van der Waals surface area contributed by atoms with E-state index in [1.165, 1.54) is 10.9 Å². The average Bonchev–Trinajstić information content (AvgIpc) is 3.05. The second-order valence-electron chi connectivity index (χ2n) is 5.80. The van der Waals surface area contributed by atoms with Crippen LogP contribution in [0.3, 0.4) is 0 Å². The summed E-state index contributed by atoms with van der Waals surface area (Å²) >= 11 is 0. The van der Waals surface area contributed by atoms with Crippen LogP contribution >= 0.6 is 0 Å². The fourth-order valence-electron chi connectivity index (χ4n) is 2.60. The van der Waals surface area contributed by atoms with Gasteiger partial charge in [0.2, 0.25) is 11.8 Å². The van der Waals surface area contributed by atoms with E-state index in [-0.39, 0.29) is 24.1 Å². The summed E-state index contributed by atoms with van der Waals surface area (Å²) in [6.45, 7) is 4.55. The minimum Gasteiger partial charge on any atom is -0.471 e. The molecule has 8 heteroatoms. The second kappa shape index (κ2) is 6.77. The topological polar surface area (TPSA) is 90.2 Å². The molecule has 1 saturated heterocycles. The van der Waals surface area contributed by atoms with Crippen LogP contribution in [-0.4, -0.2) is 49.5 Å². The normalized spacial score (nSPS) is 17.1. The van der Waals surface area contributed by atoms with Crippen molar-refractivity contribution in [3.8, 4) is 5.88 Å². The molecule has 3 heterocycles. The van der Waals surface area contributed by atoms with E-state index in [9.17, 15) is 9.59 Å². The third-order valence-electron chi connectivity index (χ3n) is 4.15. The number of likely N-dealkylation sites (tertiary alicyclic amines) is 1. The number of amides is 1. The van der Waals surface area contributed by atoms with Crippen LogP contribution in [0.4, 0.5) is 0 Å². The first-order valence-corrected chi connectivity index (χ1v) is 7.77. The van der Waals surface area contributed by atoms with E-state index in [0.717, 1.165) is 6.42 Å². The Labute approximate surface area is 139 Å². The van der Waals surface area contributed by atoms with Crippen molar-refractivity contribution in [3.05, 3.63) is 46.5 Å². The van der Waals surface area contributed by atoms with Gasteiger partial charge in [-0.15, -0.1) is 0 Å². The van der Waals surface area contributed by atoms with E-state index in [2.05, 4.69) is 15.0 Å². The summed E-state index contributed by atoms with van der Waals surface area (Å²) in [5.74, 6) is 0.332. The quantitative estimate of drug-likeness (QED) is 0.803. The van der Waals surface area contributed by atoms with Crippen molar-refractivity contribution in [2.24, 2.45) is 0 Å². The molecule has 1 aliphatic rings. The molecule has 0 bridgehead atoms. The minimum absolute atomic E-state index is 0.00911. The SMILES string of the molecule is Cc1ncn(CC(=O)N2CCC(Oc3cnccn3)C2)c(=O)c1C. The lowest BCUT2D eigenvalue weighted by Crippen LogP contribution is -2.36. The molecule has 1 unspecified atom stereocenters. The van der Waals surface area contributed by atoms with Gasteiger partial charge in [-0.25, -0.2) is 9.97 Å². The van der Waals surface area contributed by atoms with E-state index in [1.807, 2.05) is 0 Å². The van der Waals surface area contributed by atoms with Crippen molar-refractivity contribution in [2.45, 2.75) is 32.9 Å². The molecule has 3 rings (SSSR count). The molecule has 0 saturated carbocycles. The number of hydrogen-bond donors (Lipinski definition) is 0. The molecule has 1 amide bonds. The van der Waals surface area contributed by atoms with Gasteiger partial charge in [-0.1, -0.05) is 0 Å². The van der Waals surface area contributed by atoms with Gasteiger partial charge >= 0.3 is 0 Å². The molecular formula is C16H19N5O3. The molecule has 1 fully saturated rings. The van der Waals surface area contributed by atoms with Crippen molar-refractivity contribution < 1.29 is 9.53 Å². The smallest absolute Gasteiger partial charge is 0.256 e. The molecule has 0 radical (unpaired) electrons. The van der Waals surface area contributed by atoms with Crippen molar-refractivity contribution in [2.75, 3.05) is 13.1 Å². The summed E-state index contributed by atoms with van der Waals surface area (Å²) in [6.07, 6.45) is 6.72. The largest absolute Gasteiger partial charge is 0.471 e. The molecule has 126 valence electrons. The Kier molecular flexibility index (Phi) is 4.54. The van der Waals surface area contributed by atoms with E-state index < -0.39 is 0 Å². The summed E-state index contributed by atoms with van der Waals surface area (Å²) in [6, 6.07) is 0. The Morgan fingerprint density at radius 2 is 2.17 bits per heavy atom. The van der Waals surface area contributed by atoms with Crippen LogP contribution in [0.5, 0.6) is 5.88 Å². The minimum atomic E-state index is -0.178. The van der Waals surface area contributed by atoms with Gasteiger partial charge in [0.15, 0.2) is 0 Å². The highest BCUT2D eigenvalue weighted by Gasteiger charge is 2.28. The number of ether oxygens (including phenoxy) is 1. The van der Waals surface area contributed by atoms with E-state index in [0.29, 0.717) is 30.2 Å². The van der Waals surface area contributed by atoms with Crippen LogP contribution in [0.15, 0.2) is 29.7 Å². The van der Waals surface area contributed by atoms with Crippen LogP contribution in [0, 0.1) is 13.8 Å². The molecule has 0 aliphatic carbocycles. The fraction of sp³-hybridized carbons (Fsp3) is 0.438. The van der Waals surface area contributed by atoms with Gasteiger partial charge in [0.05, 0.1) is 19.1 Å². The Hall–Kier alpha value is -2.77. The summed E-state index contributed by atoms with van der Waals surface area (Å²) in [5.41, 5.74) is 1.07. The summed E-state index contributed by atoms with van der Waals surface area (Å²) in [4.78, 5) is 38.4. The Balaban J connectivity index is 1.61. The van der Waals surface area contributed by atoms with Crippen molar-refractivity contribution in [1.29, 1.82) is 0 Å². The molecule has 0 spiro atoms. The Morgan fingerprint density at radius 3 is 2.92 bits per heavy atom. The zero-order valence-electron chi connectivity index (χ0n) is 13.7. The number of carbonyl (C=O) groups is 1. The molecule has 8 nitrogen and oxygen atoms in total. The first kappa shape index (κ1) is 16.1. The van der Waals surface area contributed by atoms with Gasteiger partial charge in [0.25, 0.3) is 5.56 Å². The van der Waals surface area contributed by atoms with Crippen molar-refractivity contribution in [3.63, 3.8) is 0 Å². The molecular weight excluding hydrogens is 310 g/mol. The first-order chi connectivity index (χ1) is 11.5. The Morgan fingerprint density at radius 1 is 1.33 bits per heavy atom. The third kappa shape index (κ3) is 3.42. The number of carbonyl (C=O) groups excluding carboxylic acids is 1. The van der Waals surface area contributed by atoms with E-state index in [1.54, 1.807) is 37.3 Å². The molecule has 2 aromatic heterocycles. The lowest BCUT2D eigenvalue weighted by molar-refractivity contribution is -0.131. The zero-order valence-corrected chi connectivity index (χ0v) is 13.7. The average molecular weight is 329 g/mol. The molecule has 1 aliphatic heterocycles.